The average molecular weight is 1180 g/mol. The summed E-state index contributed by atoms with van der Waals surface area (Å²) < 4.78 is 51.3. The second kappa shape index (κ2) is 27.1. The SMILES string of the molecule is COCCOc1cc(I)ccc1OCCO[Si](C)(C)C(C)(C)C.COCCOc1nc(Nc2cc(Br)cn(C)c2=O)ccc1OCCO[Si](C)(C)C(C)(C)C.Cn1cc(Br)cc(N)c1=O. The van der Waals surface area contributed by atoms with E-state index in [1.54, 1.807) is 65.0 Å². The zero-order valence-corrected chi connectivity index (χ0v) is 47.8. The molecule has 364 valence electrons. The average Bonchev–Trinajstić information content (AvgIpc) is 3.20. The molecule has 0 unspecified atom stereocenters. The number of nitrogens with one attached hydrogen (secondary N) is 1. The van der Waals surface area contributed by atoms with Crippen molar-refractivity contribution in [1.29, 1.82) is 0 Å². The lowest BCUT2D eigenvalue weighted by molar-refractivity contribution is 0.138. The lowest BCUT2D eigenvalue weighted by atomic mass is 10.2. The van der Waals surface area contributed by atoms with E-state index in [1.165, 1.54) is 9.13 Å². The first-order valence-electron chi connectivity index (χ1n) is 21.1. The molecule has 0 fully saturated rings. The van der Waals surface area contributed by atoms with Crippen molar-refractivity contribution in [1.82, 2.24) is 14.1 Å². The Labute approximate surface area is 418 Å². The molecule has 0 saturated heterocycles. The second-order valence-corrected chi connectivity index (χ2v) is 30.5. The Hall–Kier alpha value is -2.97. The fourth-order valence-corrected chi connectivity index (χ4v) is 8.41. The third kappa shape index (κ3) is 20.0. The molecular weight excluding hydrogens is 1110 g/mol. The fourth-order valence-electron chi connectivity index (χ4n) is 4.80. The molecule has 0 saturated carbocycles. The molecule has 0 aliphatic carbocycles. The van der Waals surface area contributed by atoms with Gasteiger partial charge in [0.25, 0.3) is 17.0 Å². The van der Waals surface area contributed by atoms with Gasteiger partial charge < -0.3 is 57.5 Å². The van der Waals surface area contributed by atoms with E-state index in [2.05, 4.69) is 132 Å². The highest BCUT2D eigenvalue weighted by atomic mass is 127. The van der Waals surface area contributed by atoms with Crippen LogP contribution in [0.15, 0.2) is 73.4 Å². The number of ether oxygens (including phenoxy) is 6. The number of hydrogen-bond acceptors (Lipinski definition) is 13. The van der Waals surface area contributed by atoms with Gasteiger partial charge in [0.2, 0.25) is 0 Å². The first-order valence-corrected chi connectivity index (χ1v) is 29.5. The first kappa shape index (κ1) is 58.2. The minimum atomic E-state index is -1.84. The molecule has 3 N–H and O–H groups in total. The lowest BCUT2D eigenvalue weighted by Crippen LogP contribution is -2.41. The molecule has 65 heavy (non-hydrogen) atoms. The Morgan fingerprint density at radius 2 is 1.11 bits per heavy atom. The summed E-state index contributed by atoms with van der Waals surface area (Å²) in [5.74, 6) is 2.80. The second-order valence-electron chi connectivity index (χ2n) is 17.8. The molecule has 20 heteroatoms. The maximum atomic E-state index is 12.4. The minimum absolute atomic E-state index is 0.139. The Morgan fingerprint density at radius 1 is 0.646 bits per heavy atom. The van der Waals surface area contributed by atoms with Crippen molar-refractivity contribution < 1.29 is 37.3 Å². The van der Waals surface area contributed by atoms with E-state index in [-0.39, 0.29) is 26.9 Å². The molecule has 3 aromatic heterocycles. The first-order chi connectivity index (χ1) is 30.2. The molecule has 4 rings (SSSR count). The van der Waals surface area contributed by atoms with Gasteiger partial charge in [-0.25, -0.2) is 0 Å². The molecule has 1 aromatic carbocycles. The predicted octanol–water partition coefficient (Wildman–Crippen LogP) is 10.2. The molecule has 0 radical (unpaired) electrons. The summed E-state index contributed by atoms with van der Waals surface area (Å²) in [5, 5.41) is 3.41. The van der Waals surface area contributed by atoms with Crippen LogP contribution >= 0.6 is 54.5 Å². The summed E-state index contributed by atoms with van der Waals surface area (Å²) in [6, 6.07) is 12.7. The Kier molecular flexibility index (Phi) is 24.3. The molecule has 0 spiro atoms. The van der Waals surface area contributed by atoms with Gasteiger partial charge in [-0.05, 0) is 133 Å². The van der Waals surface area contributed by atoms with Gasteiger partial charge in [-0.1, -0.05) is 41.5 Å². The van der Waals surface area contributed by atoms with Gasteiger partial charge in [0.1, 0.15) is 37.9 Å². The number of pyridine rings is 3. The summed E-state index contributed by atoms with van der Waals surface area (Å²) in [5.41, 5.74) is 5.69. The number of rotatable bonds is 20. The van der Waals surface area contributed by atoms with E-state index in [9.17, 15) is 9.59 Å². The van der Waals surface area contributed by atoms with Crippen LogP contribution in [-0.4, -0.2) is 97.8 Å². The number of aryl methyl sites for hydroxylation is 2. The number of halogens is 3. The van der Waals surface area contributed by atoms with E-state index < -0.39 is 16.6 Å². The van der Waals surface area contributed by atoms with Crippen LogP contribution in [-0.2, 0) is 32.4 Å². The largest absolute Gasteiger partial charge is 0.487 e. The van der Waals surface area contributed by atoms with Crippen molar-refractivity contribution in [2.45, 2.75) is 77.8 Å². The van der Waals surface area contributed by atoms with Crippen LogP contribution < -0.4 is 41.1 Å². The van der Waals surface area contributed by atoms with Crippen LogP contribution in [0.5, 0.6) is 23.1 Å². The molecule has 0 bridgehead atoms. The summed E-state index contributed by atoms with van der Waals surface area (Å²) >= 11 is 8.87. The van der Waals surface area contributed by atoms with Crippen molar-refractivity contribution in [3.8, 4) is 23.1 Å². The van der Waals surface area contributed by atoms with Gasteiger partial charge in [0.05, 0.1) is 32.1 Å². The summed E-state index contributed by atoms with van der Waals surface area (Å²) in [7, 11) is 3.05. The predicted molar refractivity (Wildman–Crippen MR) is 282 cm³/mol. The molecule has 4 aromatic rings. The number of benzene rings is 1. The molecule has 0 aliphatic rings. The fraction of sp³-hybridized carbons (Fsp3) is 0.533. The Morgan fingerprint density at radius 3 is 1.63 bits per heavy atom. The van der Waals surface area contributed by atoms with E-state index in [4.69, 9.17) is 43.0 Å². The Balaban J connectivity index is 0.000000380. The molecule has 0 atom stereocenters. The molecular formula is C45H70Br2IN5O10Si2. The number of nitrogen functional groups attached to an aromatic ring is 1. The van der Waals surface area contributed by atoms with E-state index >= 15 is 0 Å². The molecule has 0 amide bonds. The van der Waals surface area contributed by atoms with Crippen molar-refractivity contribution >= 4 is 88.3 Å². The van der Waals surface area contributed by atoms with Gasteiger partial charge in [0, 0.05) is 53.2 Å². The third-order valence-corrected chi connectivity index (χ3v) is 21.2. The zero-order valence-electron chi connectivity index (χ0n) is 40.5. The van der Waals surface area contributed by atoms with Gasteiger partial charge in [-0.15, -0.1) is 0 Å². The highest BCUT2D eigenvalue weighted by molar-refractivity contribution is 14.1. The number of anilines is 3. The van der Waals surface area contributed by atoms with Gasteiger partial charge in [-0.3, -0.25) is 9.59 Å². The summed E-state index contributed by atoms with van der Waals surface area (Å²) in [6.45, 7) is 26.0. The number of methoxy groups -OCH3 is 2. The van der Waals surface area contributed by atoms with Crippen LogP contribution in [0.4, 0.5) is 17.2 Å². The van der Waals surface area contributed by atoms with Crippen molar-refractivity contribution in [3.63, 3.8) is 0 Å². The summed E-state index contributed by atoms with van der Waals surface area (Å²) in [4.78, 5) is 27.8. The van der Waals surface area contributed by atoms with Gasteiger partial charge in [-0.2, -0.15) is 4.98 Å². The number of nitrogens with two attached hydrogens (primary N) is 1. The molecule has 0 aliphatic heterocycles. The lowest BCUT2D eigenvalue weighted by Gasteiger charge is -2.36. The molecule has 15 nitrogen and oxygen atoms in total. The quantitative estimate of drug-likeness (QED) is 0.0488. The van der Waals surface area contributed by atoms with Gasteiger partial charge in [0.15, 0.2) is 33.9 Å². The highest BCUT2D eigenvalue weighted by Crippen LogP contribution is 2.38. The van der Waals surface area contributed by atoms with Crippen LogP contribution in [0.3, 0.4) is 0 Å². The number of hydrogen-bond donors (Lipinski definition) is 2. The highest BCUT2D eigenvalue weighted by Gasteiger charge is 2.37. The zero-order chi connectivity index (χ0) is 49.2. The van der Waals surface area contributed by atoms with Gasteiger partial charge >= 0.3 is 0 Å². The molecule has 3 heterocycles. The number of aromatic nitrogens is 3. The third-order valence-electron chi connectivity index (χ3n) is 10.6. The standard InChI is InChI=1S/C22H34BrN3O5Si.C17H29IO4Si.C6H7BrN2O/c1-22(2,3)32(6,7)31-13-12-29-18-8-9-19(25-20(18)30-11-10-28-5)24-17-14-16(23)15-26(4)21(17)27;1-17(2,3)23(5,6)22-12-11-20-15-8-7-14(18)13-16(15)21-10-9-19-4;1-9-3-4(7)2-5(8)6(9)10/h8-9,14-15H,10-13H2,1-7H3,(H,24,25);7-8,13H,9-12H2,1-6H3;2-3H,8H2,1H3. The van der Waals surface area contributed by atoms with E-state index in [1.807, 2.05) is 18.2 Å². The van der Waals surface area contributed by atoms with Crippen molar-refractivity contribution in [2.24, 2.45) is 14.1 Å². The van der Waals surface area contributed by atoms with E-state index in [0.29, 0.717) is 76.0 Å². The minimum Gasteiger partial charge on any atom is -0.487 e. The Bertz CT molecular complexity index is 2190. The smallest absolute Gasteiger partial charge is 0.274 e. The summed E-state index contributed by atoms with van der Waals surface area (Å²) in [6.07, 6.45) is 3.36. The maximum Gasteiger partial charge on any atom is 0.274 e. The normalized spacial score (nSPS) is 11.8. The van der Waals surface area contributed by atoms with Crippen LogP contribution in [0.2, 0.25) is 36.3 Å². The van der Waals surface area contributed by atoms with Crippen LogP contribution in [0.25, 0.3) is 0 Å². The van der Waals surface area contributed by atoms with Crippen LogP contribution in [0.1, 0.15) is 41.5 Å². The van der Waals surface area contributed by atoms with Crippen molar-refractivity contribution in [3.05, 3.63) is 88.1 Å². The number of nitrogens with zero attached hydrogens (tertiary/aromatic N) is 3. The monoisotopic (exact) mass is 1180 g/mol. The van der Waals surface area contributed by atoms with Crippen LogP contribution in [0, 0.1) is 3.57 Å². The van der Waals surface area contributed by atoms with Crippen molar-refractivity contribution in [2.75, 3.05) is 78.1 Å². The van der Waals surface area contributed by atoms with E-state index in [0.717, 1.165) is 24.0 Å². The topological polar surface area (TPSA) is 169 Å². The maximum absolute atomic E-state index is 12.4.